The van der Waals surface area contributed by atoms with E-state index in [1.54, 1.807) is 49.6 Å². The first kappa shape index (κ1) is 18.3. The van der Waals surface area contributed by atoms with Gasteiger partial charge in [0.15, 0.2) is 0 Å². The van der Waals surface area contributed by atoms with Crippen LogP contribution in [0.25, 0.3) is 0 Å². The van der Waals surface area contributed by atoms with Crippen molar-refractivity contribution < 1.29 is 19.1 Å². The van der Waals surface area contributed by atoms with E-state index in [0.717, 1.165) is 0 Å². The quantitative estimate of drug-likeness (QED) is 0.820. The van der Waals surface area contributed by atoms with Crippen LogP contribution in [0.1, 0.15) is 12.0 Å². The van der Waals surface area contributed by atoms with E-state index in [1.807, 2.05) is 6.07 Å². The number of amides is 2. The van der Waals surface area contributed by atoms with Gasteiger partial charge in [0.1, 0.15) is 11.5 Å². The number of carbonyl (C=O) groups is 2. The van der Waals surface area contributed by atoms with Crippen molar-refractivity contribution in [3.63, 3.8) is 0 Å². The molecule has 0 spiro atoms. The maximum atomic E-state index is 12.4. The van der Waals surface area contributed by atoms with Crippen molar-refractivity contribution in [2.24, 2.45) is 11.8 Å². The van der Waals surface area contributed by atoms with E-state index in [-0.39, 0.29) is 23.7 Å². The van der Waals surface area contributed by atoms with Gasteiger partial charge < -0.3 is 20.1 Å². The number of ether oxygens (including phenoxy) is 2. The monoisotopic (exact) mass is 365 g/mol. The van der Waals surface area contributed by atoms with Crippen LogP contribution in [0.15, 0.2) is 42.5 Å². The van der Waals surface area contributed by atoms with Gasteiger partial charge in [-0.05, 0) is 42.8 Å². The molecule has 3 rings (SSSR count). The van der Waals surface area contributed by atoms with Crippen LogP contribution in [0.4, 0.5) is 11.4 Å². The van der Waals surface area contributed by atoms with Crippen LogP contribution >= 0.6 is 0 Å². The lowest BCUT2D eigenvalue weighted by molar-refractivity contribution is -0.122. The lowest BCUT2D eigenvalue weighted by atomic mass is 10.2. The second-order valence-corrected chi connectivity index (χ2v) is 6.18. The SMILES string of the molecule is COc1ccc(NC(=O)C2CC2C(=O)Nc2ccc(C#N)cc2)c(OC)c1. The Labute approximate surface area is 156 Å². The lowest BCUT2D eigenvalue weighted by Crippen LogP contribution is -2.20. The molecule has 7 heteroatoms. The number of hydrogen-bond acceptors (Lipinski definition) is 5. The number of anilines is 2. The fraction of sp³-hybridized carbons (Fsp3) is 0.250. The van der Waals surface area contributed by atoms with Gasteiger partial charge in [-0.15, -0.1) is 0 Å². The molecule has 7 nitrogen and oxygen atoms in total. The molecular formula is C20H19N3O4. The molecule has 0 radical (unpaired) electrons. The molecule has 1 saturated carbocycles. The van der Waals surface area contributed by atoms with Crippen molar-refractivity contribution in [3.05, 3.63) is 48.0 Å². The lowest BCUT2D eigenvalue weighted by Gasteiger charge is -2.11. The van der Waals surface area contributed by atoms with Crippen molar-refractivity contribution in [2.75, 3.05) is 24.9 Å². The van der Waals surface area contributed by atoms with Crippen LogP contribution in [-0.2, 0) is 9.59 Å². The molecule has 2 amide bonds. The fourth-order valence-corrected chi connectivity index (χ4v) is 2.76. The van der Waals surface area contributed by atoms with Crippen molar-refractivity contribution in [1.29, 1.82) is 5.26 Å². The number of nitriles is 1. The molecule has 1 aliphatic carbocycles. The maximum Gasteiger partial charge on any atom is 0.228 e. The Morgan fingerprint density at radius 3 is 2.26 bits per heavy atom. The third-order valence-corrected chi connectivity index (χ3v) is 4.41. The van der Waals surface area contributed by atoms with Crippen molar-refractivity contribution in [3.8, 4) is 17.6 Å². The minimum absolute atomic E-state index is 0.207. The zero-order valence-corrected chi connectivity index (χ0v) is 15.0. The van der Waals surface area contributed by atoms with Crippen molar-refractivity contribution in [2.45, 2.75) is 6.42 Å². The maximum absolute atomic E-state index is 12.4. The molecule has 0 heterocycles. The second kappa shape index (κ2) is 7.79. The van der Waals surface area contributed by atoms with Crippen LogP contribution < -0.4 is 20.1 Å². The van der Waals surface area contributed by atoms with Gasteiger partial charge in [-0.1, -0.05) is 0 Å². The summed E-state index contributed by atoms with van der Waals surface area (Å²) in [6, 6.07) is 13.7. The summed E-state index contributed by atoms with van der Waals surface area (Å²) in [4.78, 5) is 24.7. The topological polar surface area (TPSA) is 100 Å². The number of hydrogen-bond donors (Lipinski definition) is 2. The Hall–Kier alpha value is -3.53. The summed E-state index contributed by atoms with van der Waals surface area (Å²) in [6.45, 7) is 0. The fourth-order valence-electron chi connectivity index (χ4n) is 2.76. The molecule has 0 saturated heterocycles. The summed E-state index contributed by atoms with van der Waals surface area (Å²) >= 11 is 0. The van der Waals surface area contributed by atoms with Gasteiger partial charge in [0.2, 0.25) is 11.8 Å². The van der Waals surface area contributed by atoms with E-state index in [2.05, 4.69) is 10.6 Å². The first-order valence-corrected chi connectivity index (χ1v) is 8.39. The van der Waals surface area contributed by atoms with E-state index in [9.17, 15) is 9.59 Å². The van der Waals surface area contributed by atoms with Gasteiger partial charge in [0.05, 0.1) is 43.4 Å². The van der Waals surface area contributed by atoms with Gasteiger partial charge in [-0.3, -0.25) is 9.59 Å². The molecule has 2 N–H and O–H groups in total. The molecular weight excluding hydrogens is 346 g/mol. The number of nitrogens with zero attached hydrogens (tertiary/aromatic N) is 1. The average molecular weight is 365 g/mol. The van der Waals surface area contributed by atoms with E-state index >= 15 is 0 Å². The smallest absolute Gasteiger partial charge is 0.228 e. The Kier molecular flexibility index (Phi) is 5.27. The molecule has 2 atom stereocenters. The highest BCUT2D eigenvalue weighted by molar-refractivity contribution is 6.03. The summed E-state index contributed by atoms with van der Waals surface area (Å²) in [7, 11) is 3.06. The minimum Gasteiger partial charge on any atom is -0.497 e. The van der Waals surface area contributed by atoms with Gasteiger partial charge >= 0.3 is 0 Å². The van der Waals surface area contributed by atoms with Crippen LogP contribution in [-0.4, -0.2) is 26.0 Å². The number of methoxy groups -OCH3 is 2. The van der Waals surface area contributed by atoms with E-state index in [4.69, 9.17) is 14.7 Å². The predicted molar refractivity (Wildman–Crippen MR) is 99.6 cm³/mol. The Bertz CT molecular complexity index is 902. The molecule has 2 aromatic carbocycles. The Morgan fingerprint density at radius 1 is 1.00 bits per heavy atom. The molecule has 1 fully saturated rings. The summed E-state index contributed by atoms with van der Waals surface area (Å²) in [5.74, 6) is -0.0713. The van der Waals surface area contributed by atoms with Crippen molar-refractivity contribution in [1.82, 2.24) is 0 Å². The summed E-state index contributed by atoms with van der Waals surface area (Å²) in [6.07, 6.45) is 0.492. The minimum atomic E-state index is -0.379. The molecule has 138 valence electrons. The molecule has 1 aliphatic rings. The molecule has 0 aliphatic heterocycles. The zero-order chi connectivity index (χ0) is 19.4. The third-order valence-electron chi connectivity index (χ3n) is 4.41. The van der Waals surface area contributed by atoms with Crippen molar-refractivity contribution >= 4 is 23.2 Å². The number of carbonyl (C=O) groups excluding carboxylic acids is 2. The van der Waals surface area contributed by atoms with Crippen LogP contribution in [0, 0.1) is 23.2 Å². The molecule has 2 unspecified atom stereocenters. The Balaban J connectivity index is 1.58. The average Bonchev–Trinajstić information content (AvgIpc) is 3.50. The first-order chi connectivity index (χ1) is 13.0. The molecule has 0 aromatic heterocycles. The highest BCUT2D eigenvalue weighted by Crippen LogP contribution is 2.41. The third kappa shape index (κ3) is 4.18. The normalized spacial score (nSPS) is 17.4. The number of benzene rings is 2. The number of rotatable bonds is 6. The second-order valence-electron chi connectivity index (χ2n) is 6.18. The predicted octanol–water partition coefficient (Wildman–Crippen LogP) is 2.79. The van der Waals surface area contributed by atoms with Crippen LogP contribution in [0.2, 0.25) is 0 Å². The van der Waals surface area contributed by atoms with Gasteiger partial charge in [-0.25, -0.2) is 0 Å². The van der Waals surface area contributed by atoms with E-state index in [1.165, 1.54) is 7.11 Å². The highest BCUT2D eigenvalue weighted by atomic mass is 16.5. The molecule has 2 aromatic rings. The molecule has 0 bridgehead atoms. The highest BCUT2D eigenvalue weighted by Gasteiger charge is 2.48. The summed E-state index contributed by atoms with van der Waals surface area (Å²) in [5, 5.41) is 14.4. The number of nitrogens with one attached hydrogen (secondary N) is 2. The molecule has 27 heavy (non-hydrogen) atoms. The van der Waals surface area contributed by atoms with E-state index < -0.39 is 0 Å². The largest absolute Gasteiger partial charge is 0.497 e. The van der Waals surface area contributed by atoms with Gasteiger partial charge in [0.25, 0.3) is 0 Å². The van der Waals surface area contributed by atoms with Gasteiger partial charge in [0, 0.05) is 11.8 Å². The zero-order valence-electron chi connectivity index (χ0n) is 15.0. The van der Waals surface area contributed by atoms with E-state index in [0.29, 0.717) is 34.9 Å². The summed E-state index contributed by atoms with van der Waals surface area (Å²) < 4.78 is 10.4. The van der Waals surface area contributed by atoms with Crippen LogP contribution in [0.5, 0.6) is 11.5 Å². The van der Waals surface area contributed by atoms with Gasteiger partial charge in [-0.2, -0.15) is 5.26 Å². The van der Waals surface area contributed by atoms with Crippen LogP contribution in [0.3, 0.4) is 0 Å². The first-order valence-electron chi connectivity index (χ1n) is 8.39. The Morgan fingerprint density at radius 2 is 1.67 bits per heavy atom. The summed E-state index contributed by atoms with van der Waals surface area (Å²) in [5.41, 5.74) is 1.65. The standard InChI is InChI=1S/C20H19N3O4/c1-26-14-7-8-17(18(9-14)27-2)23-20(25)16-10-15(16)19(24)22-13-5-3-12(11-21)4-6-13/h3-9,15-16H,10H2,1-2H3,(H,22,24)(H,23,25).